The van der Waals surface area contributed by atoms with Crippen molar-refractivity contribution in [3.05, 3.63) is 64.9 Å². The van der Waals surface area contributed by atoms with Crippen LogP contribution in [0.4, 0.5) is 5.69 Å². The molecular weight excluding hydrogens is 368 g/mol. The monoisotopic (exact) mass is 388 g/mol. The highest BCUT2D eigenvalue weighted by Gasteiger charge is 2.22. The summed E-state index contributed by atoms with van der Waals surface area (Å²) in [6.07, 6.45) is 1.96. The van der Waals surface area contributed by atoms with Crippen LogP contribution in [-0.2, 0) is 4.79 Å². The predicted molar refractivity (Wildman–Crippen MR) is 108 cm³/mol. The molecule has 2 aliphatic heterocycles. The van der Waals surface area contributed by atoms with E-state index < -0.39 is 0 Å². The van der Waals surface area contributed by atoms with Gasteiger partial charge in [0, 0.05) is 23.5 Å². The third-order valence-corrected chi connectivity index (χ3v) is 5.05. The van der Waals surface area contributed by atoms with E-state index in [1.807, 2.05) is 61.5 Å². The van der Waals surface area contributed by atoms with E-state index in [9.17, 15) is 4.79 Å². The maximum atomic E-state index is 12.7. The Morgan fingerprint density at radius 1 is 1.10 bits per heavy atom. The van der Waals surface area contributed by atoms with E-state index in [4.69, 9.17) is 9.47 Å². The summed E-state index contributed by atoms with van der Waals surface area (Å²) in [7, 11) is 0. The topological polar surface area (TPSA) is 77.7 Å². The molecule has 1 amide bonds. The summed E-state index contributed by atoms with van der Waals surface area (Å²) in [5.74, 6) is 0.917. The van der Waals surface area contributed by atoms with Gasteiger partial charge in [-0.15, -0.1) is 0 Å². The quantitative estimate of drug-likeness (QED) is 0.735. The van der Waals surface area contributed by atoms with Gasteiger partial charge in [-0.3, -0.25) is 4.79 Å². The van der Waals surface area contributed by atoms with Gasteiger partial charge in [0.05, 0.1) is 17.3 Å². The van der Waals surface area contributed by atoms with Crippen LogP contribution >= 0.6 is 0 Å². The summed E-state index contributed by atoms with van der Waals surface area (Å²) in [6, 6.07) is 15.4. The average molecular weight is 388 g/mol. The minimum atomic E-state index is -0.358. The van der Waals surface area contributed by atoms with E-state index in [0.29, 0.717) is 31.0 Å². The molecule has 0 saturated heterocycles. The van der Waals surface area contributed by atoms with E-state index in [1.165, 1.54) is 0 Å². The Hall–Kier alpha value is -3.61. The van der Waals surface area contributed by atoms with Gasteiger partial charge >= 0.3 is 0 Å². The predicted octanol–water partition coefficient (Wildman–Crippen LogP) is 1.62. The number of carbonyl (C=O) groups excluding carboxylic acids is 1. The minimum Gasteiger partial charge on any atom is -0.486 e. The second kappa shape index (κ2) is 7.09. The number of benzene rings is 2. The largest absolute Gasteiger partial charge is 0.486 e. The van der Waals surface area contributed by atoms with Crippen LogP contribution < -0.4 is 25.5 Å². The Morgan fingerprint density at radius 3 is 2.72 bits per heavy atom. The molecule has 7 heteroatoms. The number of para-hydroxylation sites is 1. The summed E-state index contributed by atoms with van der Waals surface area (Å²) in [5.41, 5.74) is 3.20. The number of ether oxygens (including phenoxy) is 2. The van der Waals surface area contributed by atoms with Crippen molar-refractivity contribution in [2.24, 2.45) is 10.9 Å². The highest BCUT2D eigenvalue weighted by atomic mass is 16.6. The zero-order chi connectivity index (χ0) is 19.8. The Morgan fingerprint density at radius 2 is 1.90 bits per heavy atom. The normalized spacial score (nSPS) is 17.1. The van der Waals surface area contributed by atoms with E-state index in [1.54, 1.807) is 4.68 Å². The molecule has 1 atom stereocenters. The number of rotatable bonds is 4. The van der Waals surface area contributed by atoms with Crippen LogP contribution in [0, 0.1) is 12.8 Å². The number of amides is 1. The number of aryl methyl sites for hydroxylation is 1. The summed E-state index contributed by atoms with van der Waals surface area (Å²) in [6.45, 7) is 3.48. The Bertz CT molecular complexity index is 1200. The summed E-state index contributed by atoms with van der Waals surface area (Å²) in [4.78, 5) is 17.0. The molecule has 0 bridgehead atoms. The van der Waals surface area contributed by atoms with Crippen LogP contribution in [0.15, 0.2) is 53.5 Å². The van der Waals surface area contributed by atoms with Crippen molar-refractivity contribution in [3.8, 4) is 17.2 Å². The van der Waals surface area contributed by atoms with Gasteiger partial charge in [0.15, 0.2) is 17.0 Å². The molecule has 2 aromatic carbocycles. The number of carbonyl (C=O) groups is 1. The van der Waals surface area contributed by atoms with E-state index >= 15 is 0 Å². The van der Waals surface area contributed by atoms with Gasteiger partial charge in [-0.2, -0.15) is 10.1 Å². The fraction of sp³-hybridized carbons (Fsp3) is 0.227. The molecule has 1 unspecified atom stereocenters. The zero-order valence-electron chi connectivity index (χ0n) is 16.0. The molecular formula is C22H20N4O3. The number of nitrogens with zero attached hydrogens (tertiary/aromatic N) is 3. The molecule has 3 heterocycles. The molecule has 0 aliphatic carbocycles. The van der Waals surface area contributed by atoms with Crippen LogP contribution in [0.5, 0.6) is 11.5 Å². The fourth-order valence-electron chi connectivity index (χ4n) is 3.57. The molecule has 1 N–H and O–H groups in total. The second-order valence-electron chi connectivity index (χ2n) is 7.03. The molecule has 5 rings (SSSR count). The van der Waals surface area contributed by atoms with Crippen molar-refractivity contribution in [3.63, 3.8) is 0 Å². The Balaban J connectivity index is 1.41. The number of anilines is 1. The van der Waals surface area contributed by atoms with Crippen molar-refractivity contribution in [1.29, 1.82) is 0 Å². The first-order valence-electron chi connectivity index (χ1n) is 9.58. The van der Waals surface area contributed by atoms with Gasteiger partial charge in [0.1, 0.15) is 13.2 Å². The lowest BCUT2D eigenvalue weighted by Crippen LogP contribution is -2.38. The molecule has 0 saturated carbocycles. The number of fused-ring (bicyclic) bond motifs is 2. The first-order valence-corrected chi connectivity index (χ1v) is 9.58. The molecule has 7 nitrogen and oxygen atoms in total. The van der Waals surface area contributed by atoms with E-state index in [0.717, 1.165) is 28.0 Å². The van der Waals surface area contributed by atoms with Gasteiger partial charge in [-0.05, 0) is 31.2 Å². The molecule has 0 fully saturated rings. The number of aromatic nitrogens is 2. The van der Waals surface area contributed by atoms with Gasteiger partial charge < -0.3 is 14.8 Å². The van der Waals surface area contributed by atoms with Gasteiger partial charge in [-0.1, -0.05) is 24.3 Å². The fourth-order valence-corrected chi connectivity index (χ4v) is 3.57. The first-order chi connectivity index (χ1) is 14.2. The highest BCUT2D eigenvalue weighted by molar-refractivity contribution is 5.86. The van der Waals surface area contributed by atoms with E-state index in [-0.39, 0.29) is 11.8 Å². The van der Waals surface area contributed by atoms with Crippen molar-refractivity contribution < 1.29 is 14.3 Å². The van der Waals surface area contributed by atoms with Crippen molar-refractivity contribution >= 4 is 17.7 Å². The number of hydrogen-bond donors (Lipinski definition) is 1. The Labute approximate surface area is 167 Å². The lowest BCUT2D eigenvalue weighted by atomic mass is 10.0. The highest BCUT2D eigenvalue weighted by Crippen LogP contribution is 2.32. The molecule has 2 aliphatic rings. The van der Waals surface area contributed by atoms with Crippen LogP contribution in [0.1, 0.15) is 5.69 Å². The van der Waals surface area contributed by atoms with Crippen LogP contribution in [-0.4, -0.2) is 35.4 Å². The van der Waals surface area contributed by atoms with E-state index in [2.05, 4.69) is 15.4 Å². The first kappa shape index (κ1) is 17.5. The number of nitrogens with one attached hydrogen (secondary N) is 1. The molecule has 3 aromatic rings. The molecule has 146 valence electrons. The van der Waals surface area contributed by atoms with Crippen molar-refractivity contribution in [2.75, 3.05) is 25.1 Å². The maximum Gasteiger partial charge on any atom is 0.256 e. The summed E-state index contributed by atoms with van der Waals surface area (Å²) >= 11 is 0. The van der Waals surface area contributed by atoms with Crippen LogP contribution in [0.2, 0.25) is 0 Å². The third kappa shape index (κ3) is 3.24. The van der Waals surface area contributed by atoms with Crippen LogP contribution in [0.25, 0.3) is 11.8 Å². The SMILES string of the molecule is Cc1nn(-c2ccccc2)c2c1=CC(CNc1ccc3c(c1)OCCO3)C(=O)N=2. The van der Waals surface area contributed by atoms with Crippen molar-refractivity contribution in [2.45, 2.75) is 6.92 Å². The lowest BCUT2D eigenvalue weighted by molar-refractivity contribution is -0.119. The average Bonchev–Trinajstić information content (AvgIpc) is 3.08. The smallest absolute Gasteiger partial charge is 0.256 e. The molecule has 29 heavy (non-hydrogen) atoms. The Kier molecular flexibility index (Phi) is 4.27. The lowest BCUT2D eigenvalue weighted by Gasteiger charge is -2.20. The zero-order valence-corrected chi connectivity index (χ0v) is 16.0. The minimum absolute atomic E-state index is 0.181. The standard InChI is InChI=1S/C22H20N4O3/c1-14-18-11-15(13-23-16-7-8-19-20(12-16)29-10-9-28-19)22(27)24-21(18)26(25-14)17-5-3-2-4-6-17/h2-8,11-12,15,23H,9-10,13H2,1H3. The summed E-state index contributed by atoms with van der Waals surface area (Å²) in [5, 5.41) is 8.80. The maximum absolute atomic E-state index is 12.7. The van der Waals surface area contributed by atoms with Gasteiger partial charge in [0.25, 0.3) is 5.91 Å². The number of hydrogen-bond acceptors (Lipinski definition) is 5. The molecule has 0 radical (unpaired) electrons. The molecule has 0 spiro atoms. The van der Waals surface area contributed by atoms with Gasteiger partial charge in [0.2, 0.25) is 0 Å². The van der Waals surface area contributed by atoms with Gasteiger partial charge in [-0.25, -0.2) is 4.68 Å². The molecule has 1 aromatic heterocycles. The second-order valence-corrected chi connectivity index (χ2v) is 7.03. The summed E-state index contributed by atoms with van der Waals surface area (Å²) < 4.78 is 12.9. The van der Waals surface area contributed by atoms with Crippen molar-refractivity contribution in [1.82, 2.24) is 9.78 Å². The van der Waals surface area contributed by atoms with Crippen LogP contribution in [0.3, 0.4) is 0 Å². The third-order valence-electron chi connectivity index (χ3n) is 5.05.